The van der Waals surface area contributed by atoms with Crippen LogP contribution in [-0.4, -0.2) is 47.1 Å². The Morgan fingerprint density at radius 1 is 1.40 bits per heavy atom. The van der Waals surface area contributed by atoms with Crippen molar-refractivity contribution in [3.05, 3.63) is 28.0 Å². The van der Waals surface area contributed by atoms with E-state index in [1.165, 1.54) is 18.1 Å². The number of likely N-dealkylation sites (tertiary alicyclic amines) is 1. The number of rotatable bonds is 2. The minimum absolute atomic E-state index is 0.0120. The van der Waals surface area contributed by atoms with E-state index in [4.69, 9.17) is 4.74 Å². The van der Waals surface area contributed by atoms with E-state index in [9.17, 15) is 19.5 Å². The summed E-state index contributed by atoms with van der Waals surface area (Å²) >= 11 is 0. The van der Waals surface area contributed by atoms with Gasteiger partial charge in [0.2, 0.25) is 0 Å². The second kappa shape index (κ2) is 5.36. The lowest BCUT2D eigenvalue weighted by Crippen LogP contribution is -2.30. The topological polar surface area (TPSA) is 99.7 Å². The predicted octanol–water partition coefficient (Wildman–Crippen LogP) is -0.0384. The number of amides is 1. The molecule has 2 heterocycles. The second-order valence-corrected chi connectivity index (χ2v) is 4.94. The highest BCUT2D eigenvalue weighted by Crippen LogP contribution is 2.25. The molecule has 0 bridgehead atoms. The minimum Gasteiger partial charge on any atom is -0.494 e. The van der Waals surface area contributed by atoms with Crippen LogP contribution in [0.5, 0.6) is 5.88 Å². The first-order valence-corrected chi connectivity index (χ1v) is 6.22. The number of pyridine rings is 1. The van der Waals surface area contributed by atoms with E-state index in [0.717, 1.165) is 6.07 Å². The van der Waals surface area contributed by atoms with Crippen LogP contribution in [0.2, 0.25) is 0 Å². The molecule has 1 aliphatic rings. The van der Waals surface area contributed by atoms with Gasteiger partial charge in [0.15, 0.2) is 5.88 Å². The number of ether oxygens (including phenoxy) is 1. The lowest BCUT2D eigenvalue weighted by Gasteiger charge is -2.15. The number of carbonyl (C=O) groups is 2. The van der Waals surface area contributed by atoms with Crippen molar-refractivity contribution in [2.45, 2.75) is 6.92 Å². The first-order valence-electron chi connectivity index (χ1n) is 6.22. The van der Waals surface area contributed by atoms with E-state index in [-0.39, 0.29) is 41.7 Å². The monoisotopic (exact) mass is 280 g/mol. The molecule has 7 heteroatoms. The number of carbonyl (C=O) groups excluding carboxylic acids is 2. The molecule has 2 atom stereocenters. The molecule has 108 valence electrons. The molecular weight excluding hydrogens is 264 g/mol. The molecule has 0 aromatic carbocycles. The third-order valence-electron chi connectivity index (χ3n) is 3.48. The average molecular weight is 280 g/mol. The molecular formula is C13H16N2O5. The molecule has 0 radical (unpaired) electrons. The Kier molecular flexibility index (Phi) is 3.78. The molecule has 20 heavy (non-hydrogen) atoms. The quantitative estimate of drug-likeness (QED) is 0.741. The van der Waals surface area contributed by atoms with Crippen LogP contribution in [0.1, 0.15) is 17.3 Å². The van der Waals surface area contributed by atoms with Crippen molar-refractivity contribution in [2.24, 2.45) is 11.8 Å². The number of hydrogen-bond donors (Lipinski definition) is 2. The smallest absolute Gasteiger partial charge is 0.310 e. The van der Waals surface area contributed by atoms with Crippen molar-refractivity contribution in [1.29, 1.82) is 0 Å². The van der Waals surface area contributed by atoms with Gasteiger partial charge in [0, 0.05) is 25.2 Å². The summed E-state index contributed by atoms with van der Waals surface area (Å²) in [4.78, 5) is 38.7. The van der Waals surface area contributed by atoms with Crippen LogP contribution in [0.3, 0.4) is 0 Å². The summed E-state index contributed by atoms with van der Waals surface area (Å²) < 4.78 is 4.70. The molecule has 0 aliphatic carbocycles. The average Bonchev–Trinajstić information content (AvgIpc) is 2.78. The van der Waals surface area contributed by atoms with Gasteiger partial charge in [-0.15, -0.1) is 0 Å². The second-order valence-electron chi connectivity index (χ2n) is 4.94. The Bertz CT molecular complexity index is 595. The Morgan fingerprint density at radius 2 is 2.10 bits per heavy atom. The lowest BCUT2D eigenvalue weighted by molar-refractivity contribution is -0.146. The Labute approximate surface area is 115 Å². The number of aromatic amines is 1. The number of hydrogen-bond acceptors (Lipinski definition) is 5. The molecule has 1 saturated heterocycles. The number of H-pyrrole nitrogens is 1. The molecule has 1 aliphatic heterocycles. The molecule has 1 aromatic rings. The van der Waals surface area contributed by atoms with Crippen molar-refractivity contribution in [3.8, 4) is 5.88 Å². The lowest BCUT2D eigenvalue weighted by atomic mass is 9.99. The standard InChI is InChI=1S/C13H16N2O5/c1-7-5-15(6-9(7)13(19)20-2)12(18)8-3-10(16)14-11(17)4-8/h3-4,7,9H,5-6H2,1-2H3,(H2,14,16,17). The summed E-state index contributed by atoms with van der Waals surface area (Å²) in [6, 6.07) is 2.32. The number of nitrogens with one attached hydrogen (secondary N) is 1. The maximum atomic E-state index is 12.3. The van der Waals surface area contributed by atoms with Gasteiger partial charge in [0.25, 0.3) is 11.5 Å². The van der Waals surface area contributed by atoms with Gasteiger partial charge in [-0.2, -0.15) is 0 Å². The van der Waals surface area contributed by atoms with Crippen LogP contribution in [0.25, 0.3) is 0 Å². The molecule has 2 N–H and O–H groups in total. The highest BCUT2D eigenvalue weighted by molar-refractivity contribution is 5.95. The number of esters is 1. The fourth-order valence-corrected chi connectivity index (χ4v) is 2.43. The van der Waals surface area contributed by atoms with Gasteiger partial charge in [0.1, 0.15) is 0 Å². The van der Waals surface area contributed by atoms with Crippen LogP contribution in [0.4, 0.5) is 0 Å². The molecule has 2 unspecified atom stereocenters. The highest BCUT2D eigenvalue weighted by Gasteiger charge is 2.38. The van der Waals surface area contributed by atoms with E-state index in [1.807, 2.05) is 6.92 Å². The van der Waals surface area contributed by atoms with Crippen molar-refractivity contribution in [2.75, 3.05) is 20.2 Å². The van der Waals surface area contributed by atoms with Gasteiger partial charge < -0.3 is 14.7 Å². The maximum Gasteiger partial charge on any atom is 0.310 e. The van der Waals surface area contributed by atoms with Crippen molar-refractivity contribution >= 4 is 11.9 Å². The Balaban J connectivity index is 2.19. The molecule has 7 nitrogen and oxygen atoms in total. The summed E-state index contributed by atoms with van der Waals surface area (Å²) in [7, 11) is 1.31. The van der Waals surface area contributed by atoms with Crippen LogP contribution in [0, 0.1) is 11.8 Å². The van der Waals surface area contributed by atoms with Crippen LogP contribution in [-0.2, 0) is 9.53 Å². The first-order chi connectivity index (χ1) is 9.42. The zero-order chi connectivity index (χ0) is 14.9. The van der Waals surface area contributed by atoms with Crippen molar-refractivity contribution in [3.63, 3.8) is 0 Å². The van der Waals surface area contributed by atoms with Gasteiger partial charge in [-0.3, -0.25) is 19.4 Å². The minimum atomic E-state index is -0.551. The number of methoxy groups -OCH3 is 1. The predicted molar refractivity (Wildman–Crippen MR) is 69.3 cm³/mol. The van der Waals surface area contributed by atoms with Crippen LogP contribution in [0.15, 0.2) is 16.9 Å². The summed E-state index contributed by atoms with van der Waals surface area (Å²) in [6.07, 6.45) is 0. The van der Waals surface area contributed by atoms with E-state index in [2.05, 4.69) is 4.98 Å². The van der Waals surface area contributed by atoms with Crippen molar-refractivity contribution in [1.82, 2.24) is 9.88 Å². The van der Waals surface area contributed by atoms with E-state index >= 15 is 0 Å². The molecule has 1 aromatic heterocycles. The zero-order valence-electron chi connectivity index (χ0n) is 11.3. The zero-order valence-corrected chi connectivity index (χ0v) is 11.3. The molecule has 2 rings (SSSR count). The fraction of sp³-hybridized carbons (Fsp3) is 0.462. The molecule has 0 spiro atoms. The van der Waals surface area contributed by atoms with Gasteiger partial charge in [0.05, 0.1) is 18.6 Å². The van der Waals surface area contributed by atoms with Gasteiger partial charge in [-0.1, -0.05) is 6.92 Å². The highest BCUT2D eigenvalue weighted by atomic mass is 16.5. The van der Waals surface area contributed by atoms with Crippen LogP contribution < -0.4 is 5.56 Å². The maximum absolute atomic E-state index is 12.3. The summed E-state index contributed by atoms with van der Waals surface area (Å²) in [6.45, 7) is 2.52. The number of aromatic hydroxyl groups is 1. The van der Waals surface area contributed by atoms with Gasteiger partial charge in [-0.05, 0) is 5.92 Å². The summed E-state index contributed by atoms with van der Waals surface area (Å²) in [5, 5.41) is 9.32. The van der Waals surface area contributed by atoms with Crippen molar-refractivity contribution < 1.29 is 19.4 Å². The van der Waals surface area contributed by atoms with E-state index in [1.54, 1.807) is 0 Å². The first kappa shape index (κ1) is 14.1. The molecule has 1 fully saturated rings. The molecule has 0 saturated carbocycles. The Morgan fingerprint density at radius 3 is 2.70 bits per heavy atom. The normalized spacial score (nSPS) is 21.8. The third kappa shape index (κ3) is 2.66. The van der Waals surface area contributed by atoms with Gasteiger partial charge in [-0.25, -0.2) is 0 Å². The SMILES string of the molecule is COC(=O)C1CN(C(=O)c2cc(O)[nH]c(=O)c2)CC1C. The van der Waals surface area contributed by atoms with Gasteiger partial charge >= 0.3 is 5.97 Å². The molecule has 1 amide bonds. The Hall–Kier alpha value is -2.31. The number of aromatic nitrogens is 1. The number of nitrogens with zero attached hydrogens (tertiary/aromatic N) is 1. The largest absolute Gasteiger partial charge is 0.494 e. The van der Waals surface area contributed by atoms with Crippen LogP contribution >= 0.6 is 0 Å². The summed E-state index contributed by atoms with van der Waals surface area (Å²) in [5.74, 6) is -1.47. The summed E-state index contributed by atoms with van der Waals surface area (Å²) in [5.41, 5.74) is -0.450. The third-order valence-corrected chi connectivity index (χ3v) is 3.48. The van der Waals surface area contributed by atoms with E-state index < -0.39 is 5.56 Å². The van der Waals surface area contributed by atoms with E-state index in [0.29, 0.717) is 6.54 Å². The fourth-order valence-electron chi connectivity index (χ4n) is 2.43.